The molecule has 1 aromatic carbocycles. The van der Waals surface area contributed by atoms with Gasteiger partial charge >= 0.3 is 0 Å². The minimum Gasteiger partial charge on any atom is -0.496 e. The number of rotatable bonds is 5. The van der Waals surface area contributed by atoms with Crippen LogP contribution in [0, 0.1) is 3.57 Å². The molecule has 0 spiro atoms. The van der Waals surface area contributed by atoms with Gasteiger partial charge in [0.1, 0.15) is 5.75 Å². The molecule has 0 aliphatic heterocycles. The lowest BCUT2D eigenvalue weighted by Gasteiger charge is -2.11. The number of hydrogen-bond donors (Lipinski definition) is 2. The van der Waals surface area contributed by atoms with E-state index in [2.05, 4.69) is 27.9 Å². The van der Waals surface area contributed by atoms with Crippen LogP contribution in [0.4, 0.5) is 0 Å². The van der Waals surface area contributed by atoms with Crippen molar-refractivity contribution in [2.75, 3.05) is 13.7 Å². The van der Waals surface area contributed by atoms with E-state index in [0.29, 0.717) is 22.9 Å². The molecule has 1 amide bonds. The SMILES string of the molecule is COc1cc(I)c(Cl)cc1C(=O)NCCC(C)N. The molecule has 0 saturated carbocycles. The normalized spacial score (nSPS) is 12.1. The highest BCUT2D eigenvalue weighted by Gasteiger charge is 2.14. The second-order valence-corrected chi connectivity index (χ2v) is 5.56. The summed E-state index contributed by atoms with van der Waals surface area (Å²) in [5.74, 6) is 0.313. The predicted octanol–water partition coefficient (Wildman–Crippen LogP) is 2.42. The van der Waals surface area contributed by atoms with E-state index in [1.54, 1.807) is 12.1 Å². The summed E-state index contributed by atoms with van der Waals surface area (Å²) in [6.45, 7) is 2.43. The van der Waals surface area contributed by atoms with Crippen molar-refractivity contribution in [2.45, 2.75) is 19.4 Å². The van der Waals surface area contributed by atoms with Crippen LogP contribution in [0.1, 0.15) is 23.7 Å². The third-order valence-electron chi connectivity index (χ3n) is 2.37. The Morgan fingerprint density at radius 1 is 1.61 bits per heavy atom. The standard InChI is InChI=1S/C12H16ClIN2O2/c1-7(15)3-4-16-12(17)8-5-9(13)10(14)6-11(8)18-2/h5-7H,3-4,15H2,1-2H3,(H,16,17). The van der Waals surface area contributed by atoms with Crippen molar-refractivity contribution in [3.8, 4) is 5.75 Å². The Bertz CT molecular complexity index is 438. The number of nitrogens with one attached hydrogen (secondary N) is 1. The molecule has 0 aromatic heterocycles. The maximum atomic E-state index is 12.0. The highest BCUT2D eigenvalue weighted by Crippen LogP contribution is 2.28. The first kappa shape index (κ1) is 15.5. The first-order chi connectivity index (χ1) is 8.45. The average Bonchev–Trinajstić information content (AvgIpc) is 2.31. The number of hydrogen-bond acceptors (Lipinski definition) is 3. The van der Waals surface area contributed by atoms with Gasteiger partial charge in [-0.05, 0) is 48.1 Å². The number of halogens is 2. The van der Waals surface area contributed by atoms with E-state index >= 15 is 0 Å². The summed E-state index contributed by atoms with van der Waals surface area (Å²) in [4.78, 5) is 12.0. The highest BCUT2D eigenvalue weighted by molar-refractivity contribution is 14.1. The fraction of sp³-hybridized carbons (Fsp3) is 0.417. The van der Waals surface area contributed by atoms with Crippen LogP contribution in [0.3, 0.4) is 0 Å². The van der Waals surface area contributed by atoms with Gasteiger partial charge in [0.15, 0.2) is 0 Å². The number of carbonyl (C=O) groups excluding carboxylic acids is 1. The third-order valence-corrected chi connectivity index (χ3v) is 3.90. The molecular formula is C12H16ClIN2O2. The van der Waals surface area contributed by atoms with Crippen molar-refractivity contribution >= 4 is 40.1 Å². The molecule has 4 nitrogen and oxygen atoms in total. The van der Waals surface area contributed by atoms with Gasteiger partial charge in [0, 0.05) is 16.2 Å². The number of amides is 1. The Kier molecular flexibility index (Phi) is 6.17. The van der Waals surface area contributed by atoms with Crippen molar-refractivity contribution in [1.29, 1.82) is 0 Å². The molecule has 1 aromatic rings. The molecule has 0 aliphatic carbocycles. The van der Waals surface area contributed by atoms with E-state index in [-0.39, 0.29) is 11.9 Å². The van der Waals surface area contributed by atoms with Gasteiger partial charge in [-0.3, -0.25) is 4.79 Å². The monoisotopic (exact) mass is 382 g/mol. The third kappa shape index (κ3) is 4.29. The molecule has 0 heterocycles. The van der Waals surface area contributed by atoms with E-state index in [1.165, 1.54) is 7.11 Å². The quantitative estimate of drug-likeness (QED) is 0.769. The molecule has 6 heteroatoms. The zero-order valence-electron chi connectivity index (χ0n) is 10.3. The molecule has 0 fully saturated rings. The Morgan fingerprint density at radius 3 is 2.83 bits per heavy atom. The summed E-state index contributed by atoms with van der Waals surface area (Å²) in [5, 5.41) is 3.33. The van der Waals surface area contributed by atoms with Gasteiger partial charge in [0.25, 0.3) is 5.91 Å². The van der Waals surface area contributed by atoms with Gasteiger partial charge in [0.05, 0.1) is 17.7 Å². The second-order valence-electron chi connectivity index (χ2n) is 3.99. The predicted molar refractivity (Wildman–Crippen MR) is 81.3 cm³/mol. The molecule has 18 heavy (non-hydrogen) atoms. The molecule has 3 N–H and O–H groups in total. The summed E-state index contributed by atoms with van der Waals surface area (Å²) in [5.41, 5.74) is 6.06. The van der Waals surface area contributed by atoms with Crippen LogP contribution in [0.2, 0.25) is 5.02 Å². The molecular weight excluding hydrogens is 367 g/mol. The maximum Gasteiger partial charge on any atom is 0.255 e. The van der Waals surface area contributed by atoms with Gasteiger partial charge in [0.2, 0.25) is 0 Å². The van der Waals surface area contributed by atoms with Crippen LogP contribution in [0.5, 0.6) is 5.75 Å². The number of methoxy groups -OCH3 is 1. The van der Waals surface area contributed by atoms with Crippen molar-refractivity contribution < 1.29 is 9.53 Å². The first-order valence-electron chi connectivity index (χ1n) is 5.52. The van der Waals surface area contributed by atoms with Crippen LogP contribution in [-0.2, 0) is 0 Å². The number of benzene rings is 1. The van der Waals surface area contributed by atoms with Crippen LogP contribution in [0.15, 0.2) is 12.1 Å². The van der Waals surface area contributed by atoms with Gasteiger partial charge in [-0.2, -0.15) is 0 Å². The molecule has 0 bridgehead atoms. The zero-order valence-corrected chi connectivity index (χ0v) is 13.2. The summed E-state index contributed by atoms with van der Waals surface area (Å²) in [6.07, 6.45) is 0.728. The molecule has 0 saturated heterocycles. The van der Waals surface area contributed by atoms with Crippen LogP contribution < -0.4 is 15.8 Å². The van der Waals surface area contributed by atoms with Crippen molar-refractivity contribution in [1.82, 2.24) is 5.32 Å². The molecule has 100 valence electrons. The lowest BCUT2D eigenvalue weighted by Crippen LogP contribution is -2.29. The van der Waals surface area contributed by atoms with Gasteiger partial charge in [-0.1, -0.05) is 11.6 Å². The van der Waals surface area contributed by atoms with Gasteiger partial charge in [-0.15, -0.1) is 0 Å². The first-order valence-corrected chi connectivity index (χ1v) is 6.98. The minimum absolute atomic E-state index is 0.0625. The lowest BCUT2D eigenvalue weighted by atomic mass is 10.2. The van der Waals surface area contributed by atoms with Crippen LogP contribution >= 0.6 is 34.2 Å². The molecule has 0 radical (unpaired) electrons. The number of ether oxygens (including phenoxy) is 1. The maximum absolute atomic E-state index is 12.0. The highest BCUT2D eigenvalue weighted by atomic mass is 127. The van der Waals surface area contributed by atoms with Crippen LogP contribution in [0.25, 0.3) is 0 Å². The Morgan fingerprint density at radius 2 is 2.28 bits per heavy atom. The van der Waals surface area contributed by atoms with Crippen molar-refractivity contribution in [3.05, 3.63) is 26.3 Å². The average molecular weight is 383 g/mol. The Labute approximate surface area is 125 Å². The largest absolute Gasteiger partial charge is 0.496 e. The molecule has 0 aliphatic rings. The summed E-state index contributed by atoms with van der Waals surface area (Å²) in [6, 6.07) is 3.42. The van der Waals surface area contributed by atoms with E-state index in [4.69, 9.17) is 22.1 Å². The summed E-state index contributed by atoms with van der Waals surface area (Å²) in [7, 11) is 1.53. The topological polar surface area (TPSA) is 64.3 Å². The number of carbonyl (C=O) groups is 1. The molecule has 1 atom stereocenters. The minimum atomic E-state index is -0.203. The second kappa shape index (κ2) is 7.16. The smallest absolute Gasteiger partial charge is 0.255 e. The number of nitrogens with two attached hydrogens (primary N) is 1. The zero-order chi connectivity index (χ0) is 13.7. The van der Waals surface area contributed by atoms with Crippen molar-refractivity contribution in [3.63, 3.8) is 0 Å². The van der Waals surface area contributed by atoms with Gasteiger partial charge in [-0.25, -0.2) is 0 Å². The Hall–Kier alpha value is -0.530. The van der Waals surface area contributed by atoms with E-state index in [1.807, 2.05) is 6.92 Å². The van der Waals surface area contributed by atoms with E-state index in [0.717, 1.165) is 9.99 Å². The molecule has 1 unspecified atom stereocenters. The summed E-state index contributed by atoms with van der Waals surface area (Å²) < 4.78 is 6.03. The van der Waals surface area contributed by atoms with E-state index < -0.39 is 0 Å². The van der Waals surface area contributed by atoms with Crippen LogP contribution in [-0.4, -0.2) is 25.6 Å². The van der Waals surface area contributed by atoms with Crippen molar-refractivity contribution in [2.24, 2.45) is 5.73 Å². The van der Waals surface area contributed by atoms with Gasteiger partial charge < -0.3 is 15.8 Å². The fourth-order valence-electron chi connectivity index (χ4n) is 1.38. The molecule has 1 rings (SSSR count). The Balaban J connectivity index is 2.81. The lowest BCUT2D eigenvalue weighted by molar-refractivity contribution is 0.0949. The summed E-state index contributed by atoms with van der Waals surface area (Å²) >= 11 is 8.10. The fourth-order valence-corrected chi connectivity index (χ4v) is 1.99. The van der Waals surface area contributed by atoms with E-state index in [9.17, 15) is 4.79 Å².